The second-order valence-electron chi connectivity index (χ2n) is 6.81. The number of aryl methyl sites for hydroxylation is 1. The lowest BCUT2D eigenvalue weighted by Crippen LogP contribution is -2.43. The van der Waals surface area contributed by atoms with Gasteiger partial charge in [0.15, 0.2) is 5.82 Å². The number of anilines is 1. The molecule has 3 heterocycles. The van der Waals surface area contributed by atoms with E-state index in [2.05, 4.69) is 35.4 Å². The number of thiophene rings is 1. The monoisotopic (exact) mass is 360 g/mol. The van der Waals surface area contributed by atoms with E-state index >= 15 is 0 Å². The minimum Gasteiger partial charge on any atom is -0.389 e. The van der Waals surface area contributed by atoms with E-state index in [0.717, 1.165) is 16.4 Å². The van der Waals surface area contributed by atoms with Crippen molar-refractivity contribution in [1.82, 2.24) is 15.5 Å². The Kier molecular flexibility index (Phi) is 5.34. The Balaban J connectivity index is 1.56. The van der Waals surface area contributed by atoms with Crippen molar-refractivity contribution >= 4 is 23.1 Å². The molecule has 0 radical (unpaired) electrons. The summed E-state index contributed by atoms with van der Waals surface area (Å²) < 4.78 is 0. The Labute approximate surface area is 151 Å². The van der Waals surface area contributed by atoms with E-state index in [1.165, 1.54) is 4.88 Å². The number of carbonyl (C=O) groups excluding carboxylic acids is 1. The Hall–Kier alpha value is -1.99. The SMILES string of the molecule is Cc1ccc(N2C[C@H](NC(=O)Cc3ccc(C(C)C)s3)[C@@H](O)C2)nn1. The Morgan fingerprint density at radius 3 is 2.76 bits per heavy atom. The van der Waals surface area contributed by atoms with E-state index in [0.29, 0.717) is 25.4 Å². The van der Waals surface area contributed by atoms with E-state index in [4.69, 9.17) is 0 Å². The van der Waals surface area contributed by atoms with Crippen molar-refractivity contribution in [1.29, 1.82) is 0 Å². The summed E-state index contributed by atoms with van der Waals surface area (Å²) in [7, 11) is 0. The first kappa shape index (κ1) is 17.8. The molecule has 6 nitrogen and oxygen atoms in total. The average molecular weight is 360 g/mol. The minimum absolute atomic E-state index is 0.0574. The van der Waals surface area contributed by atoms with Gasteiger partial charge in [-0.15, -0.1) is 16.4 Å². The molecule has 0 aliphatic carbocycles. The number of hydrogen-bond acceptors (Lipinski definition) is 6. The quantitative estimate of drug-likeness (QED) is 0.851. The summed E-state index contributed by atoms with van der Waals surface area (Å²) in [5.74, 6) is 1.14. The highest BCUT2D eigenvalue weighted by molar-refractivity contribution is 7.12. The van der Waals surface area contributed by atoms with Crippen LogP contribution in [-0.4, -0.2) is 46.4 Å². The standard InChI is InChI=1S/C18H24N4O2S/c1-11(2)16-6-5-13(25-16)8-18(24)19-14-9-22(10-15(14)23)17-7-4-12(3)20-21-17/h4-7,11,14-15,23H,8-10H2,1-3H3,(H,19,24)/t14-,15-/m0/s1. The smallest absolute Gasteiger partial charge is 0.225 e. The van der Waals surface area contributed by atoms with Crippen LogP contribution in [0.25, 0.3) is 0 Å². The van der Waals surface area contributed by atoms with Gasteiger partial charge >= 0.3 is 0 Å². The predicted molar refractivity (Wildman–Crippen MR) is 99.0 cm³/mol. The third-order valence-electron chi connectivity index (χ3n) is 4.33. The van der Waals surface area contributed by atoms with Gasteiger partial charge in [-0.3, -0.25) is 4.79 Å². The second kappa shape index (κ2) is 7.49. The molecule has 0 unspecified atom stereocenters. The van der Waals surface area contributed by atoms with Crippen molar-refractivity contribution in [3.05, 3.63) is 39.7 Å². The van der Waals surface area contributed by atoms with Gasteiger partial charge in [0, 0.05) is 22.8 Å². The molecule has 2 atom stereocenters. The molecule has 134 valence electrons. The lowest BCUT2D eigenvalue weighted by atomic mass is 10.2. The molecule has 0 aromatic carbocycles. The van der Waals surface area contributed by atoms with E-state index in [1.54, 1.807) is 11.3 Å². The number of rotatable bonds is 5. The molecule has 2 aromatic rings. The van der Waals surface area contributed by atoms with Crippen molar-refractivity contribution < 1.29 is 9.90 Å². The average Bonchev–Trinajstić information content (AvgIpc) is 3.16. The molecule has 7 heteroatoms. The van der Waals surface area contributed by atoms with Crippen molar-refractivity contribution in [3.63, 3.8) is 0 Å². The van der Waals surface area contributed by atoms with Gasteiger partial charge in [-0.1, -0.05) is 13.8 Å². The van der Waals surface area contributed by atoms with Gasteiger partial charge in [0.1, 0.15) is 0 Å². The fraction of sp³-hybridized carbons (Fsp3) is 0.500. The lowest BCUT2D eigenvalue weighted by molar-refractivity contribution is -0.121. The van der Waals surface area contributed by atoms with E-state index in [1.807, 2.05) is 30.0 Å². The zero-order valence-electron chi connectivity index (χ0n) is 14.8. The molecule has 2 N–H and O–H groups in total. The van der Waals surface area contributed by atoms with Crippen LogP contribution in [-0.2, 0) is 11.2 Å². The maximum absolute atomic E-state index is 12.3. The largest absolute Gasteiger partial charge is 0.389 e. The maximum atomic E-state index is 12.3. The molecular formula is C18H24N4O2S. The van der Waals surface area contributed by atoms with E-state index in [-0.39, 0.29) is 11.9 Å². The summed E-state index contributed by atoms with van der Waals surface area (Å²) in [4.78, 5) is 16.6. The molecule has 2 aromatic heterocycles. The summed E-state index contributed by atoms with van der Waals surface area (Å²) in [6.07, 6.45) is -0.257. The molecule has 1 saturated heterocycles. The van der Waals surface area contributed by atoms with Crippen LogP contribution < -0.4 is 10.2 Å². The molecule has 0 bridgehead atoms. The number of amides is 1. The Morgan fingerprint density at radius 1 is 1.32 bits per heavy atom. The number of aliphatic hydroxyl groups is 1. The molecular weight excluding hydrogens is 336 g/mol. The highest BCUT2D eigenvalue weighted by Crippen LogP contribution is 2.24. The second-order valence-corrected chi connectivity index (χ2v) is 8.01. The molecule has 3 rings (SSSR count). The van der Waals surface area contributed by atoms with Gasteiger partial charge in [-0.25, -0.2) is 0 Å². The Morgan fingerprint density at radius 2 is 2.12 bits per heavy atom. The first-order valence-electron chi connectivity index (χ1n) is 8.53. The maximum Gasteiger partial charge on any atom is 0.225 e. The highest BCUT2D eigenvalue weighted by Gasteiger charge is 2.33. The van der Waals surface area contributed by atoms with Crippen molar-refractivity contribution in [2.75, 3.05) is 18.0 Å². The van der Waals surface area contributed by atoms with Crippen LogP contribution in [0.1, 0.15) is 35.2 Å². The van der Waals surface area contributed by atoms with E-state index in [9.17, 15) is 9.90 Å². The molecule has 25 heavy (non-hydrogen) atoms. The summed E-state index contributed by atoms with van der Waals surface area (Å²) in [5, 5.41) is 21.4. The Bertz CT molecular complexity index is 729. The summed E-state index contributed by atoms with van der Waals surface area (Å²) in [5.41, 5.74) is 0.852. The molecule has 1 amide bonds. The number of nitrogens with zero attached hydrogens (tertiary/aromatic N) is 3. The van der Waals surface area contributed by atoms with Gasteiger partial charge in [0.05, 0.1) is 24.3 Å². The molecule has 1 aliphatic rings. The normalized spacial score (nSPS) is 20.3. The zero-order chi connectivity index (χ0) is 18.0. The zero-order valence-corrected chi connectivity index (χ0v) is 15.6. The molecule has 0 spiro atoms. The van der Waals surface area contributed by atoms with Gasteiger partial charge in [0.25, 0.3) is 0 Å². The van der Waals surface area contributed by atoms with Crippen LogP contribution in [0.4, 0.5) is 5.82 Å². The van der Waals surface area contributed by atoms with Crippen molar-refractivity contribution in [2.45, 2.75) is 45.3 Å². The first-order chi connectivity index (χ1) is 11.9. The topological polar surface area (TPSA) is 78.4 Å². The van der Waals surface area contributed by atoms with Crippen LogP contribution in [0.3, 0.4) is 0 Å². The van der Waals surface area contributed by atoms with Crippen LogP contribution >= 0.6 is 11.3 Å². The number of hydrogen-bond donors (Lipinski definition) is 2. The van der Waals surface area contributed by atoms with Gasteiger partial charge < -0.3 is 15.3 Å². The van der Waals surface area contributed by atoms with E-state index < -0.39 is 6.10 Å². The van der Waals surface area contributed by atoms with Crippen molar-refractivity contribution in [3.8, 4) is 0 Å². The summed E-state index contributed by atoms with van der Waals surface area (Å²) in [6, 6.07) is 7.58. The minimum atomic E-state index is -0.610. The number of β-amino-alcohol motifs (C(OH)–C–C–N with tert-alkyl or cyclic N) is 1. The van der Waals surface area contributed by atoms with Crippen LogP contribution in [0, 0.1) is 6.92 Å². The molecule has 1 fully saturated rings. The summed E-state index contributed by atoms with van der Waals surface area (Å²) in [6.45, 7) is 7.15. The van der Waals surface area contributed by atoms with Gasteiger partial charge in [0.2, 0.25) is 5.91 Å². The number of nitrogens with one attached hydrogen (secondary N) is 1. The lowest BCUT2D eigenvalue weighted by Gasteiger charge is -2.17. The van der Waals surface area contributed by atoms with Crippen molar-refractivity contribution in [2.24, 2.45) is 0 Å². The molecule has 0 saturated carbocycles. The predicted octanol–water partition coefficient (Wildman–Crippen LogP) is 1.88. The third-order valence-corrected chi connectivity index (χ3v) is 5.72. The number of aliphatic hydroxyl groups excluding tert-OH is 1. The van der Waals surface area contributed by atoms with Gasteiger partial charge in [-0.05, 0) is 37.1 Å². The summed E-state index contributed by atoms with van der Waals surface area (Å²) >= 11 is 1.67. The fourth-order valence-electron chi connectivity index (χ4n) is 2.89. The van der Waals surface area contributed by atoms with Crippen LogP contribution in [0.2, 0.25) is 0 Å². The number of carbonyl (C=O) groups is 1. The first-order valence-corrected chi connectivity index (χ1v) is 9.35. The molecule has 1 aliphatic heterocycles. The van der Waals surface area contributed by atoms with Crippen LogP contribution in [0.15, 0.2) is 24.3 Å². The fourth-order valence-corrected chi connectivity index (χ4v) is 3.91. The highest BCUT2D eigenvalue weighted by atomic mass is 32.1. The third kappa shape index (κ3) is 4.35. The van der Waals surface area contributed by atoms with Crippen LogP contribution in [0.5, 0.6) is 0 Å². The number of aromatic nitrogens is 2. The van der Waals surface area contributed by atoms with Gasteiger partial charge in [-0.2, -0.15) is 5.10 Å².